The third-order valence-corrected chi connectivity index (χ3v) is 6.11. The van der Waals surface area contributed by atoms with Crippen molar-refractivity contribution in [2.45, 2.75) is 13.8 Å². The number of imide groups is 1. The van der Waals surface area contributed by atoms with Gasteiger partial charge in [-0.3, -0.25) is 9.59 Å². The molecule has 4 aromatic carbocycles. The van der Waals surface area contributed by atoms with E-state index < -0.39 is 11.8 Å². The molecule has 1 N–H and O–H groups in total. The van der Waals surface area contributed by atoms with E-state index in [-0.39, 0.29) is 11.3 Å². The molecule has 4 aromatic rings. The van der Waals surface area contributed by atoms with Crippen LogP contribution in [0, 0.1) is 13.8 Å². The first-order valence-electron chi connectivity index (χ1n) is 11.1. The van der Waals surface area contributed by atoms with E-state index in [4.69, 9.17) is 4.74 Å². The quantitative estimate of drug-likeness (QED) is 0.389. The molecule has 1 aliphatic rings. The Kier molecular flexibility index (Phi) is 5.38. The van der Waals surface area contributed by atoms with Crippen LogP contribution in [0.1, 0.15) is 16.7 Å². The lowest BCUT2D eigenvalue weighted by Crippen LogP contribution is -2.32. The zero-order valence-electron chi connectivity index (χ0n) is 19.3. The lowest BCUT2D eigenvalue weighted by atomic mass is 10.0. The third kappa shape index (κ3) is 3.52. The number of benzene rings is 4. The van der Waals surface area contributed by atoms with Crippen molar-refractivity contribution in [1.29, 1.82) is 0 Å². The summed E-state index contributed by atoms with van der Waals surface area (Å²) in [6.07, 6.45) is 0. The van der Waals surface area contributed by atoms with Crippen molar-refractivity contribution in [2.75, 3.05) is 17.3 Å². The number of hydrogen-bond donors (Lipinski definition) is 1. The maximum Gasteiger partial charge on any atom is 0.282 e. The Morgan fingerprint density at radius 3 is 2.32 bits per heavy atom. The second-order valence-electron chi connectivity index (χ2n) is 8.34. The molecule has 0 saturated heterocycles. The van der Waals surface area contributed by atoms with Gasteiger partial charge in [-0.05, 0) is 43.0 Å². The van der Waals surface area contributed by atoms with E-state index >= 15 is 0 Å². The van der Waals surface area contributed by atoms with Gasteiger partial charge in [0.2, 0.25) is 0 Å². The van der Waals surface area contributed by atoms with Gasteiger partial charge in [-0.2, -0.15) is 0 Å². The van der Waals surface area contributed by atoms with Crippen LogP contribution < -0.4 is 15.0 Å². The number of methoxy groups -OCH3 is 1. The second kappa shape index (κ2) is 8.52. The molecule has 1 aliphatic heterocycles. The van der Waals surface area contributed by atoms with Crippen LogP contribution >= 0.6 is 0 Å². The van der Waals surface area contributed by atoms with E-state index in [9.17, 15) is 9.59 Å². The first-order valence-corrected chi connectivity index (χ1v) is 11.1. The van der Waals surface area contributed by atoms with Crippen LogP contribution in [0.2, 0.25) is 0 Å². The predicted octanol–water partition coefficient (Wildman–Crippen LogP) is 5.86. The Labute approximate surface area is 198 Å². The first kappa shape index (κ1) is 21.5. The summed E-state index contributed by atoms with van der Waals surface area (Å²) in [6, 6.07) is 26.5. The summed E-state index contributed by atoms with van der Waals surface area (Å²) >= 11 is 0. The van der Waals surface area contributed by atoms with Crippen molar-refractivity contribution in [3.63, 3.8) is 0 Å². The molecular formula is C29H24N2O3. The highest BCUT2D eigenvalue weighted by Crippen LogP contribution is 2.39. The van der Waals surface area contributed by atoms with Gasteiger partial charge in [-0.1, -0.05) is 72.3 Å². The van der Waals surface area contributed by atoms with Crippen molar-refractivity contribution in [1.82, 2.24) is 0 Å². The Morgan fingerprint density at radius 2 is 1.53 bits per heavy atom. The highest BCUT2D eigenvalue weighted by molar-refractivity contribution is 6.47. The molecule has 2 amide bonds. The highest BCUT2D eigenvalue weighted by atomic mass is 16.5. The number of aryl methyl sites for hydroxylation is 2. The second-order valence-corrected chi connectivity index (χ2v) is 8.34. The van der Waals surface area contributed by atoms with Crippen molar-refractivity contribution < 1.29 is 14.3 Å². The summed E-state index contributed by atoms with van der Waals surface area (Å²) < 4.78 is 5.55. The molecule has 34 heavy (non-hydrogen) atoms. The molecule has 0 radical (unpaired) electrons. The topological polar surface area (TPSA) is 58.6 Å². The van der Waals surface area contributed by atoms with Crippen LogP contribution in [-0.4, -0.2) is 18.9 Å². The Hall–Kier alpha value is -4.38. The molecule has 0 fully saturated rings. The van der Waals surface area contributed by atoms with Crippen LogP contribution in [0.15, 0.2) is 90.6 Å². The van der Waals surface area contributed by atoms with Gasteiger partial charge in [0.15, 0.2) is 0 Å². The number of carbonyl (C=O) groups excluding carboxylic acids is 2. The minimum Gasteiger partial charge on any atom is -0.496 e. The first-order chi connectivity index (χ1) is 16.5. The van der Waals surface area contributed by atoms with Crippen molar-refractivity contribution in [3.8, 4) is 5.75 Å². The number of ether oxygens (including phenoxy) is 1. The minimum absolute atomic E-state index is 0.231. The number of amides is 2. The smallest absolute Gasteiger partial charge is 0.282 e. The number of para-hydroxylation sites is 1. The van der Waals surface area contributed by atoms with Crippen LogP contribution in [-0.2, 0) is 9.59 Å². The molecule has 0 atom stereocenters. The number of carbonyl (C=O) groups is 2. The Bertz CT molecular complexity index is 1480. The summed E-state index contributed by atoms with van der Waals surface area (Å²) in [5.41, 5.74) is 4.51. The molecule has 5 rings (SSSR count). The Balaban J connectivity index is 1.70. The average Bonchev–Trinajstić information content (AvgIpc) is 3.09. The molecule has 168 valence electrons. The maximum absolute atomic E-state index is 13.9. The number of anilines is 2. The van der Waals surface area contributed by atoms with Crippen LogP contribution in [0.4, 0.5) is 11.4 Å². The number of nitrogens with one attached hydrogen (secondary N) is 1. The molecule has 0 bridgehead atoms. The standard InChI is InChI=1S/C29H24N2O3/c1-18-15-16-23(19(2)17-18)30-27-26(22-12-6-7-14-25(22)34-3)28(32)31(29(27)33)24-13-8-10-20-9-4-5-11-21(20)24/h4-17,30H,1-3H3. The van der Waals surface area contributed by atoms with Crippen molar-refractivity contribution in [2.24, 2.45) is 0 Å². The minimum atomic E-state index is -0.401. The predicted molar refractivity (Wildman–Crippen MR) is 136 cm³/mol. The van der Waals surface area contributed by atoms with Gasteiger partial charge < -0.3 is 10.1 Å². The summed E-state index contributed by atoms with van der Waals surface area (Å²) in [7, 11) is 1.56. The highest BCUT2D eigenvalue weighted by Gasteiger charge is 2.41. The van der Waals surface area contributed by atoms with Crippen LogP contribution in [0.25, 0.3) is 16.3 Å². The van der Waals surface area contributed by atoms with Crippen LogP contribution in [0.5, 0.6) is 5.75 Å². The van der Waals surface area contributed by atoms with E-state index in [0.29, 0.717) is 17.0 Å². The van der Waals surface area contributed by atoms with Gasteiger partial charge in [0.1, 0.15) is 11.4 Å². The summed E-state index contributed by atoms with van der Waals surface area (Å²) in [5.74, 6) is -0.265. The molecule has 0 unspecified atom stereocenters. The van der Waals surface area contributed by atoms with E-state index in [0.717, 1.165) is 27.6 Å². The van der Waals surface area contributed by atoms with Gasteiger partial charge >= 0.3 is 0 Å². The summed E-state index contributed by atoms with van der Waals surface area (Å²) in [4.78, 5) is 29.0. The third-order valence-electron chi connectivity index (χ3n) is 6.11. The van der Waals surface area contributed by atoms with Gasteiger partial charge in [0, 0.05) is 16.6 Å². The van der Waals surface area contributed by atoms with E-state index in [1.807, 2.05) is 80.6 Å². The fourth-order valence-corrected chi connectivity index (χ4v) is 4.46. The molecule has 0 aromatic heterocycles. The molecule has 5 nitrogen and oxygen atoms in total. The monoisotopic (exact) mass is 448 g/mol. The Morgan fingerprint density at radius 1 is 0.794 bits per heavy atom. The fourth-order valence-electron chi connectivity index (χ4n) is 4.46. The molecule has 1 heterocycles. The lowest BCUT2D eigenvalue weighted by molar-refractivity contribution is -0.120. The number of rotatable bonds is 5. The number of nitrogens with zero attached hydrogens (tertiary/aromatic N) is 1. The van der Waals surface area contributed by atoms with Crippen molar-refractivity contribution in [3.05, 3.63) is 107 Å². The normalized spacial score (nSPS) is 13.7. The molecular weight excluding hydrogens is 424 g/mol. The zero-order valence-corrected chi connectivity index (χ0v) is 19.3. The number of fused-ring (bicyclic) bond motifs is 1. The lowest BCUT2D eigenvalue weighted by Gasteiger charge is -2.18. The van der Waals surface area contributed by atoms with E-state index in [2.05, 4.69) is 5.32 Å². The number of hydrogen-bond acceptors (Lipinski definition) is 4. The summed E-state index contributed by atoms with van der Waals surface area (Å²) in [6.45, 7) is 3.99. The van der Waals surface area contributed by atoms with Gasteiger partial charge in [-0.15, -0.1) is 0 Å². The van der Waals surface area contributed by atoms with Gasteiger partial charge in [0.25, 0.3) is 11.8 Å². The SMILES string of the molecule is COc1ccccc1C1=C(Nc2ccc(C)cc2C)C(=O)N(c2cccc3ccccc23)C1=O. The average molecular weight is 449 g/mol. The van der Waals surface area contributed by atoms with Crippen LogP contribution in [0.3, 0.4) is 0 Å². The largest absolute Gasteiger partial charge is 0.496 e. The molecule has 0 saturated carbocycles. The molecule has 0 aliphatic carbocycles. The van der Waals surface area contributed by atoms with Gasteiger partial charge in [-0.25, -0.2) is 4.90 Å². The molecule has 0 spiro atoms. The zero-order chi connectivity index (χ0) is 23.8. The van der Waals surface area contributed by atoms with Crippen molar-refractivity contribution >= 4 is 39.5 Å². The maximum atomic E-state index is 13.9. The molecule has 5 heteroatoms. The van der Waals surface area contributed by atoms with E-state index in [1.54, 1.807) is 25.3 Å². The van der Waals surface area contributed by atoms with Gasteiger partial charge in [0.05, 0.1) is 18.4 Å². The van der Waals surface area contributed by atoms with E-state index in [1.165, 1.54) is 4.90 Å². The fraction of sp³-hybridized carbons (Fsp3) is 0.103. The summed E-state index contributed by atoms with van der Waals surface area (Å²) in [5, 5.41) is 5.06.